The smallest absolute Gasteiger partial charge is 0.270 e. The molecule has 2 saturated heterocycles. The minimum absolute atomic E-state index is 0.0648. The van der Waals surface area contributed by atoms with Crippen LogP contribution in [0.4, 0.5) is 15.9 Å². The number of thioether (sulfide) groups is 1. The lowest BCUT2D eigenvalue weighted by Crippen LogP contribution is -2.49. The zero-order valence-electron chi connectivity index (χ0n) is 20.9. The van der Waals surface area contributed by atoms with Crippen molar-refractivity contribution in [2.45, 2.75) is 26.8 Å². The molecule has 0 aliphatic carbocycles. The first-order valence-electron chi connectivity index (χ1n) is 12.1. The first kappa shape index (κ1) is 26.6. The van der Waals surface area contributed by atoms with Crippen LogP contribution >= 0.6 is 24.0 Å². The highest BCUT2D eigenvalue weighted by atomic mass is 32.2. The van der Waals surface area contributed by atoms with Crippen LogP contribution in [-0.4, -0.2) is 52.4 Å². The quantitative estimate of drug-likeness (QED) is 0.296. The highest BCUT2D eigenvalue weighted by molar-refractivity contribution is 8.26. The molecule has 4 rings (SSSR count). The molecule has 10 heteroatoms. The van der Waals surface area contributed by atoms with E-state index >= 15 is 0 Å². The first-order valence-corrected chi connectivity index (χ1v) is 13.3. The van der Waals surface area contributed by atoms with Gasteiger partial charge in [0.15, 0.2) is 0 Å². The number of rotatable bonds is 7. The number of pyridine rings is 1. The van der Waals surface area contributed by atoms with Crippen LogP contribution in [0.25, 0.3) is 6.08 Å². The molecule has 2 fully saturated rings. The fourth-order valence-corrected chi connectivity index (χ4v) is 5.96. The molecule has 2 aliphatic heterocycles. The van der Waals surface area contributed by atoms with Gasteiger partial charge in [-0.05, 0) is 37.1 Å². The third-order valence-corrected chi connectivity index (χ3v) is 7.90. The lowest BCUT2D eigenvalue weighted by Gasteiger charge is -2.39. The number of carbonyl (C=O) groups is 1. The number of nitrogens with zero attached hydrogens (tertiary/aromatic N) is 5. The monoisotopic (exact) mass is 537 g/mol. The number of halogens is 1. The number of hydrogen-bond donors (Lipinski definition) is 0. The average molecular weight is 538 g/mol. The molecule has 0 saturated carbocycles. The van der Waals surface area contributed by atoms with Crippen molar-refractivity contribution >= 4 is 51.8 Å². The first-order chi connectivity index (χ1) is 17.8. The van der Waals surface area contributed by atoms with Gasteiger partial charge in [0.1, 0.15) is 27.6 Å². The van der Waals surface area contributed by atoms with Crippen LogP contribution in [0.2, 0.25) is 0 Å². The molecule has 192 valence electrons. The van der Waals surface area contributed by atoms with Gasteiger partial charge in [-0.15, -0.1) is 6.58 Å². The molecule has 0 unspecified atom stereocenters. The fourth-order valence-electron chi connectivity index (χ4n) is 4.70. The number of para-hydroxylation sites is 1. The molecule has 3 heterocycles. The summed E-state index contributed by atoms with van der Waals surface area (Å²) in [6.45, 7) is 10.3. The second-order valence-corrected chi connectivity index (χ2v) is 10.5. The normalized spacial score (nSPS) is 17.0. The van der Waals surface area contributed by atoms with Crippen LogP contribution in [0.1, 0.15) is 30.0 Å². The summed E-state index contributed by atoms with van der Waals surface area (Å²) in [7, 11) is 0. The van der Waals surface area contributed by atoms with Crippen molar-refractivity contribution in [3.63, 3.8) is 0 Å². The van der Waals surface area contributed by atoms with Gasteiger partial charge in [0.05, 0.1) is 10.6 Å². The molecule has 1 aromatic carbocycles. The Kier molecular flexibility index (Phi) is 8.15. The van der Waals surface area contributed by atoms with E-state index in [-0.39, 0.29) is 22.8 Å². The Hall–Kier alpha value is -3.42. The summed E-state index contributed by atoms with van der Waals surface area (Å²) in [5.74, 6) is 0.178. The zero-order valence-corrected chi connectivity index (χ0v) is 22.5. The van der Waals surface area contributed by atoms with Gasteiger partial charge in [0.2, 0.25) is 0 Å². The van der Waals surface area contributed by atoms with Crippen molar-refractivity contribution in [3.8, 4) is 6.07 Å². The van der Waals surface area contributed by atoms with Gasteiger partial charge < -0.3 is 9.80 Å². The number of nitriles is 1. The van der Waals surface area contributed by atoms with Gasteiger partial charge in [-0.2, -0.15) is 5.26 Å². The summed E-state index contributed by atoms with van der Waals surface area (Å²) >= 11 is 6.60. The number of hydrogen-bond acceptors (Lipinski definition) is 7. The SMILES string of the molecule is C=CCN1C(=O)/C(=C/c2c(C)c(C#N)c(=O)n(CCC)c2N2CCN(c3ccccc3F)CC2)SC1=S. The third-order valence-electron chi connectivity index (χ3n) is 6.53. The van der Waals surface area contributed by atoms with Crippen LogP contribution in [-0.2, 0) is 11.3 Å². The summed E-state index contributed by atoms with van der Waals surface area (Å²) in [5.41, 5.74) is 1.46. The van der Waals surface area contributed by atoms with E-state index in [9.17, 15) is 19.2 Å². The van der Waals surface area contributed by atoms with E-state index in [1.165, 1.54) is 22.7 Å². The number of carbonyl (C=O) groups excluding carboxylic acids is 1. The van der Waals surface area contributed by atoms with Crippen LogP contribution in [0.5, 0.6) is 0 Å². The van der Waals surface area contributed by atoms with Crippen LogP contribution in [0.3, 0.4) is 0 Å². The van der Waals surface area contributed by atoms with E-state index in [0.717, 1.165) is 0 Å². The van der Waals surface area contributed by atoms with Crippen molar-refractivity contribution in [3.05, 3.63) is 74.7 Å². The van der Waals surface area contributed by atoms with E-state index in [4.69, 9.17) is 12.2 Å². The van der Waals surface area contributed by atoms with E-state index in [1.807, 2.05) is 17.9 Å². The standard InChI is InChI=1S/C27H28FN5O2S2/c1-4-10-32-24(31-14-12-30(13-15-31)22-9-7-6-8-21(22)28)19(18(3)20(17-29)25(32)34)16-23-26(35)33(11-5-2)27(36)37-23/h5-9,16H,2,4,10-15H2,1,3H3/b23-16-. The Labute approximate surface area is 225 Å². The van der Waals surface area contributed by atoms with Crippen molar-refractivity contribution in [1.82, 2.24) is 9.47 Å². The molecule has 1 amide bonds. The Morgan fingerprint density at radius 3 is 2.49 bits per heavy atom. The molecule has 0 radical (unpaired) electrons. The maximum atomic E-state index is 14.4. The van der Waals surface area contributed by atoms with Crippen molar-refractivity contribution in [1.29, 1.82) is 5.26 Å². The largest absolute Gasteiger partial charge is 0.366 e. The molecular formula is C27H28FN5O2S2. The fraction of sp³-hybridized carbons (Fsp3) is 0.333. The molecule has 0 bridgehead atoms. The summed E-state index contributed by atoms with van der Waals surface area (Å²) in [6, 6.07) is 8.77. The highest BCUT2D eigenvalue weighted by Gasteiger charge is 2.33. The number of amides is 1. The van der Waals surface area contributed by atoms with Gasteiger partial charge in [0, 0.05) is 44.8 Å². The molecule has 37 heavy (non-hydrogen) atoms. The lowest BCUT2D eigenvalue weighted by atomic mass is 10.0. The molecule has 0 N–H and O–H groups in total. The van der Waals surface area contributed by atoms with Crippen LogP contribution in [0, 0.1) is 24.1 Å². The number of thiocarbonyl (C=S) groups is 1. The van der Waals surface area contributed by atoms with E-state index in [0.29, 0.717) is 77.5 Å². The maximum absolute atomic E-state index is 14.4. The van der Waals surface area contributed by atoms with Crippen molar-refractivity contribution in [2.24, 2.45) is 0 Å². The number of aromatic nitrogens is 1. The second-order valence-electron chi connectivity index (χ2n) is 8.81. The minimum atomic E-state index is -0.343. The maximum Gasteiger partial charge on any atom is 0.270 e. The molecule has 0 atom stereocenters. The summed E-state index contributed by atoms with van der Waals surface area (Å²) < 4.78 is 16.5. The third kappa shape index (κ3) is 5.06. The Balaban J connectivity index is 1.80. The van der Waals surface area contributed by atoms with E-state index < -0.39 is 0 Å². The predicted molar refractivity (Wildman–Crippen MR) is 151 cm³/mol. The zero-order chi connectivity index (χ0) is 26.7. The van der Waals surface area contributed by atoms with Crippen LogP contribution < -0.4 is 15.4 Å². The highest BCUT2D eigenvalue weighted by Crippen LogP contribution is 2.36. The number of piperazine rings is 1. The van der Waals surface area contributed by atoms with Gasteiger partial charge in [-0.3, -0.25) is 19.1 Å². The molecule has 7 nitrogen and oxygen atoms in total. The van der Waals surface area contributed by atoms with Crippen LogP contribution in [0.15, 0.2) is 46.6 Å². The molecule has 1 aromatic heterocycles. The van der Waals surface area contributed by atoms with Gasteiger partial charge in [-0.25, -0.2) is 4.39 Å². The summed E-state index contributed by atoms with van der Waals surface area (Å²) in [6.07, 6.45) is 4.06. The van der Waals surface area contributed by atoms with Gasteiger partial charge in [-0.1, -0.05) is 49.1 Å². The van der Waals surface area contributed by atoms with Crippen molar-refractivity contribution in [2.75, 3.05) is 42.5 Å². The van der Waals surface area contributed by atoms with Gasteiger partial charge in [0.25, 0.3) is 11.5 Å². The van der Waals surface area contributed by atoms with Crippen molar-refractivity contribution < 1.29 is 9.18 Å². The summed E-state index contributed by atoms with van der Waals surface area (Å²) in [4.78, 5) is 32.5. The number of anilines is 2. The Morgan fingerprint density at radius 1 is 1.19 bits per heavy atom. The predicted octanol–water partition coefficient (Wildman–Crippen LogP) is 4.29. The van der Waals surface area contributed by atoms with E-state index in [1.54, 1.807) is 35.8 Å². The Bertz CT molecular complexity index is 1390. The molecule has 2 aliphatic rings. The van der Waals surface area contributed by atoms with E-state index in [2.05, 4.69) is 17.5 Å². The van der Waals surface area contributed by atoms with Gasteiger partial charge >= 0.3 is 0 Å². The summed E-state index contributed by atoms with van der Waals surface area (Å²) in [5, 5.41) is 9.82. The average Bonchev–Trinajstić information content (AvgIpc) is 3.15. The number of benzene rings is 1. The molecular weight excluding hydrogens is 509 g/mol. The Morgan fingerprint density at radius 2 is 1.86 bits per heavy atom. The minimum Gasteiger partial charge on any atom is -0.366 e. The lowest BCUT2D eigenvalue weighted by molar-refractivity contribution is -0.121. The topological polar surface area (TPSA) is 72.6 Å². The molecule has 2 aromatic rings. The second kappa shape index (κ2) is 11.3. The molecule has 0 spiro atoms.